The van der Waals surface area contributed by atoms with Gasteiger partial charge in [-0.1, -0.05) is 20.4 Å². The van der Waals surface area contributed by atoms with Gasteiger partial charge in [-0.3, -0.25) is 4.79 Å². The summed E-state index contributed by atoms with van der Waals surface area (Å²) in [6.45, 7) is 9.27. The lowest BCUT2D eigenvalue weighted by Crippen LogP contribution is -2.27. The SMILES string of the molecule is C=C(C)C(OC(=O)CC(C)C)C(O)c1c(OC)ccc2ccc(=O)oc12. The molecular weight excluding hydrogens is 336 g/mol. The van der Waals surface area contributed by atoms with E-state index in [9.17, 15) is 14.7 Å². The normalized spacial score (nSPS) is 13.5. The molecule has 0 bridgehead atoms. The number of rotatable bonds is 7. The van der Waals surface area contributed by atoms with Gasteiger partial charge in [0.05, 0.1) is 12.7 Å². The van der Waals surface area contributed by atoms with E-state index in [1.807, 2.05) is 13.8 Å². The zero-order chi connectivity index (χ0) is 19.4. The summed E-state index contributed by atoms with van der Waals surface area (Å²) < 4.78 is 16.1. The number of esters is 1. The molecule has 0 spiro atoms. The van der Waals surface area contributed by atoms with Crippen molar-refractivity contribution in [3.8, 4) is 5.75 Å². The van der Waals surface area contributed by atoms with Gasteiger partial charge in [0.25, 0.3) is 0 Å². The van der Waals surface area contributed by atoms with Gasteiger partial charge in [0.2, 0.25) is 0 Å². The van der Waals surface area contributed by atoms with E-state index in [2.05, 4.69) is 6.58 Å². The molecule has 0 saturated carbocycles. The van der Waals surface area contributed by atoms with Crippen LogP contribution in [-0.2, 0) is 9.53 Å². The van der Waals surface area contributed by atoms with Crippen molar-refractivity contribution in [3.63, 3.8) is 0 Å². The highest BCUT2D eigenvalue weighted by Crippen LogP contribution is 2.36. The number of aliphatic hydroxyl groups is 1. The molecule has 6 nitrogen and oxygen atoms in total. The van der Waals surface area contributed by atoms with Crippen molar-refractivity contribution in [1.29, 1.82) is 0 Å². The zero-order valence-electron chi connectivity index (χ0n) is 15.4. The van der Waals surface area contributed by atoms with Crippen LogP contribution >= 0.6 is 0 Å². The Morgan fingerprint density at radius 2 is 1.92 bits per heavy atom. The Labute approximate surface area is 152 Å². The highest BCUT2D eigenvalue weighted by Gasteiger charge is 2.31. The number of carbonyl (C=O) groups is 1. The highest BCUT2D eigenvalue weighted by atomic mass is 16.6. The summed E-state index contributed by atoms with van der Waals surface area (Å²) >= 11 is 0. The van der Waals surface area contributed by atoms with Gasteiger partial charge in [-0.05, 0) is 36.6 Å². The van der Waals surface area contributed by atoms with Gasteiger partial charge in [-0.25, -0.2) is 4.79 Å². The fraction of sp³-hybridized carbons (Fsp3) is 0.400. The predicted octanol–water partition coefficient (Wildman–Crippen LogP) is 3.37. The lowest BCUT2D eigenvalue weighted by molar-refractivity contribution is -0.153. The molecule has 0 saturated heterocycles. The molecule has 1 aromatic carbocycles. The molecule has 26 heavy (non-hydrogen) atoms. The van der Waals surface area contributed by atoms with Crippen LogP contribution in [0.4, 0.5) is 0 Å². The number of methoxy groups -OCH3 is 1. The number of aliphatic hydroxyl groups excluding tert-OH is 1. The minimum atomic E-state index is -1.30. The molecule has 0 radical (unpaired) electrons. The third-order valence-corrected chi connectivity index (χ3v) is 3.91. The maximum absolute atomic E-state index is 12.1. The topological polar surface area (TPSA) is 86.0 Å². The van der Waals surface area contributed by atoms with Gasteiger partial charge in [-0.2, -0.15) is 0 Å². The number of benzene rings is 1. The van der Waals surface area contributed by atoms with Crippen LogP contribution in [0.25, 0.3) is 11.0 Å². The van der Waals surface area contributed by atoms with Crippen molar-refractivity contribution in [3.05, 3.63) is 52.4 Å². The van der Waals surface area contributed by atoms with Gasteiger partial charge in [0.15, 0.2) is 6.10 Å². The first-order valence-electron chi connectivity index (χ1n) is 8.38. The van der Waals surface area contributed by atoms with Crippen LogP contribution in [0.2, 0.25) is 0 Å². The number of ether oxygens (including phenoxy) is 2. The quantitative estimate of drug-likeness (QED) is 0.463. The molecule has 1 aromatic heterocycles. The second-order valence-electron chi connectivity index (χ2n) is 6.65. The lowest BCUT2D eigenvalue weighted by atomic mass is 9.96. The molecular formula is C20H24O6. The Morgan fingerprint density at radius 1 is 1.27 bits per heavy atom. The van der Waals surface area contributed by atoms with E-state index >= 15 is 0 Å². The van der Waals surface area contributed by atoms with E-state index in [1.165, 1.54) is 13.2 Å². The van der Waals surface area contributed by atoms with Crippen molar-refractivity contribution in [2.45, 2.75) is 39.4 Å². The maximum atomic E-state index is 12.1. The van der Waals surface area contributed by atoms with E-state index in [0.29, 0.717) is 16.7 Å². The van der Waals surface area contributed by atoms with E-state index in [1.54, 1.807) is 25.1 Å². The van der Waals surface area contributed by atoms with Crippen molar-refractivity contribution >= 4 is 16.9 Å². The molecule has 1 heterocycles. The summed E-state index contributed by atoms with van der Waals surface area (Å²) in [6, 6.07) is 6.27. The Kier molecular flexibility index (Phi) is 6.21. The Balaban J connectivity index is 2.52. The monoisotopic (exact) mass is 360 g/mol. The Bertz CT molecular complexity index is 864. The van der Waals surface area contributed by atoms with E-state index in [-0.39, 0.29) is 23.5 Å². The molecule has 6 heteroatoms. The summed E-state index contributed by atoms with van der Waals surface area (Å²) in [4.78, 5) is 23.8. The second kappa shape index (κ2) is 8.19. The number of hydrogen-bond donors (Lipinski definition) is 1. The lowest BCUT2D eigenvalue weighted by Gasteiger charge is -2.25. The molecule has 140 valence electrons. The van der Waals surface area contributed by atoms with Crippen LogP contribution in [0.5, 0.6) is 5.75 Å². The van der Waals surface area contributed by atoms with E-state index < -0.39 is 23.8 Å². The highest BCUT2D eigenvalue weighted by molar-refractivity contribution is 5.82. The van der Waals surface area contributed by atoms with Crippen molar-refractivity contribution in [1.82, 2.24) is 0 Å². The number of fused-ring (bicyclic) bond motifs is 1. The largest absolute Gasteiger partial charge is 0.496 e. The average molecular weight is 360 g/mol. The van der Waals surface area contributed by atoms with Gasteiger partial charge >= 0.3 is 11.6 Å². The summed E-state index contributed by atoms with van der Waals surface area (Å²) in [5.41, 5.74) is 0.346. The van der Waals surface area contributed by atoms with Gasteiger partial charge in [-0.15, -0.1) is 0 Å². The van der Waals surface area contributed by atoms with Crippen molar-refractivity contribution in [2.24, 2.45) is 5.92 Å². The smallest absolute Gasteiger partial charge is 0.336 e. The zero-order valence-corrected chi connectivity index (χ0v) is 15.4. The van der Waals surface area contributed by atoms with Crippen LogP contribution in [0.3, 0.4) is 0 Å². The molecule has 1 N–H and O–H groups in total. The van der Waals surface area contributed by atoms with Crippen molar-refractivity contribution in [2.75, 3.05) is 7.11 Å². The first-order chi connectivity index (χ1) is 12.2. The molecule has 2 rings (SSSR count). The standard InChI is InChI=1S/C20H24O6/c1-11(2)10-16(22)26-19(12(3)4)18(23)17-14(24-5)8-6-13-7-9-15(21)25-20(13)17/h6-9,11,18-19,23H,3,10H2,1-2,4-5H3. The summed E-state index contributed by atoms with van der Waals surface area (Å²) in [6.07, 6.45) is -2.07. The minimum Gasteiger partial charge on any atom is -0.496 e. The van der Waals surface area contributed by atoms with Gasteiger partial charge in [0.1, 0.15) is 17.4 Å². The van der Waals surface area contributed by atoms with E-state index in [0.717, 1.165) is 0 Å². The third-order valence-electron chi connectivity index (χ3n) is 3.91. The summed E-state index contributed by atoms with van der Waals surface area (Å²) in [5.74, 6) is 0.00809. The first-order valence-corrected chi connectivity index (χ1v) is 8.38. The summed E-state index contributed by atoms with van der Waals surface area (Å²) in [5, 5.41) is 11.6. The Morgan fingerprint density at radius 3 is 2.50 bits per heavy atom. The fourth-order valence-electron chi connectivity index (χ4n) is 2.70. The molecule has 0 aliphatic heterocycles. The number of carbonyl (C=O) groups excluding carboxylic acids is 1. The minimum absolute atomic E-state index is 0.121. The van der Waals surface area contributed by atoms with Gasteiger partial charge in [0, 0.05) is 17.9 Å². The molecule has 2 aromatic rings. The number of hydrogen-bond acceptors (Lipinski definition) is 6. The predicted molar refractivity (Wildman–Crippen MR) is 98.1 cm³/mol. The molecule has 0 amide bonds. The third kappa shape index (κ3) is 4.32. The molecule has 0 aliphatic carbocycles. The first kappa shape index (κ1) is 19.7. The fourth-order valence-corrected chi connectivity index (χ4v) is 2.70. The van der Waals surface area contributed by atoms with Crippen LogP contribution in [0.15, 0.2) is 45.6 Å². The maximum Gasteiger partial charge on any atom is 0.336 e. The van der Waals surface area contributed by atoms with Crippen LogP contribution in [0, 0.1) is 5.92 Å². The van der Waals surface area contributed by atoms with Crippen molar-refractivity contribution < 1.29 is 23.8 Å². The van der Waals surface area contributed by atoms with Gasteiger partial charge < -0.3 is 19.0 Å². The van der Waals surface area contributed by atoms with Crippen LogP contribution < -0.4 is 10.4 Å². The molecule has 0 aliphatic rings. The van der Waals surface area contributed by atoms with E-state index in [4.69, 9.17) is 13.9 Å². The molecule has 2 atom stereocenters. The Hall–Kier alpha value is -2.60. The average Bonchev–Trinajstić information content (AvgIpc) is 2.57. The molecule has 0 fully saturated rings. The molecule has 2 unspecified atom stereocenters. The van der Waals surface area contributed by atoms with Crippen LogP contribution in [-0.4, -0.2) is 24.3 Å². The summed E-state index contributed by atoms with van der Waals surface area (Å²) in [7, 11) is 1.44. The second-order valence-corrected chi connectivity index (χ2v) is 6.65. The van der Waals surface area contributed by atoms with Crippen LogP contribution in [0.1, 0.15) is 38.9 Å².